The number of hydrogen-bond donors (Lipinski definition) is 1. The van der Waals surface area contributed by atoms with Crippen molar-refractivity contribution < 1.29 is 17.9 Å². The summed E-state index contributed by atoms with van der Waals surface area (Å²) in [5.74, 6) is -0.0838. The molecule has 176 valence electrons. The van der Waals surface area contributed by atoms with Crippen LogP contribution in [0.25, 0.3) is 0 Å². The number of fused-ring (bicyclic) bond motifs is 1. The van der Waals surface area contributed by atoms with Crippen molar-refractivity contribution in [1.82, 2.24) is 9.21 Å². The summed E-state index contributed by atoms with van der Waals surface area (Å²) >= 11 is 6.37. The normalized spacial score (nSPS) is 18.7. The third kappa shape index (κ3) is 4.30. The molecule has 3 aromatic carbocycles. The maximum Gasteiger partial charge on any atom is 0.256 e. The number of halogens is 1. The highest BCUT2D eigenvalue weighted by molar-refractivity contribution is 7.89. The van der Waals surface area contributed by atoms with Gasteiger partial charge in [0.2, 0.25) is 10.0 Å². The Morgan fingerprint density at radius 1 is 0.941 bits per heavy atom. The second kappa shape index (κ2) is 9.38. The Morgan fingerprint density at radius 2 is 1.62 bits per heavy atom. The van der Waals surface area contributed by atoms with Crippen LogP contribution in [0.4, 0.5) is 5.69 Å². The summed E-state index contributed by atoms with van der Waals surface area (Å²) in [5.41, 5.74) is 3.06. The van der Waals surface area contributed by atoms with Gasteiger partial charge in [0.15, 0.2) is 0 Å². The van der Waals surface area contributed by atoms with E-state index < -0.39 is 16.2 Å². The van der Waals surface area contributed by atoms with Crippen molar-refractivity contribution in [3.8, 4) is 0 Å². The standard InChI is InChI=1S/C25H24ClN3O4S/c26-23-8-4-1-5-18(23)17-29-24(21-6-2-3-7-22(21)25(29)30)27-19-9-11-20(12-10-19)34(31,32)28-13-15-33-16-14-28/h1-12,24,27H,13-17H2/t24-/m0/s1. The maximum absolute atomic E-state index is 13.2. The highest BCUT2D eigenvalue weighted by atomic mass is 35.5. The predicted octanol–water partition coefficient (Wildman–Crippen LogP) is 4.13. The number of hydrogen-bond acceptors (Lipinski definition) is 5. The Morgan fingerprint density at radius 3 is 2.35 bits per heavy atom. The average molecular weight is 498 g/mol. The Labute approximate surface area is 203 Å². The number of ether oxygens (including phenoxy) is 1. The number of rotatable bonds is 6. The number of carbonyl (C=O) groups is 1. The Hall–Kier alpha value is -2.91. The summed E-state index contributed by atoms with van der Waals surface area (Å²) in [7, 11) is -3.57. The number of nitrogens with one attached hydrogen (secondary N) is 1. The molecule has 0 radical (unpaired) electrons. The summed E-state index contributed by atoms with van der Waals surface area (Å²) in [6.45, 7) is 1.83. The van der Waals surface area contributed by atoms with Crippen LogP contribution >= 0.6 is 11.6 Å². The van der Waals surface area contributed by atoms with Crippen LogP contribution in [0.2, 0.25) is 5.02 Å². The third-order valence-electron chi connectivity index (χ3n) is 6.12. The molecule has 2 aliphatic heterocycles. The first-order valence-corrected chi connectivity index (χ1v) is 12.8. The van der Waals surface area contributed by atoms with Gasteiger partial charge in [-0.05, 0) is 42.0 Å². The Balaban J connectivity index is 1.41. The number of anilines is 1. The highest BCUT2D eigenvalue weighted by Crippen LogP contribution is 2.36. The number of nitrogens with zero attached hydrogens (tertiary/aromatic N) is 2. The van der Waals surface area contributed by atoms with E-state index in [2.05, 4.69) is 5.32 Å². The monoisotopic (exact) mass is 497 g/mol. The van der Waals surface area contributed by atoms with E-state index in [1.165, 1.54) is 4.31 Å². The fourth-order valence-corrected chi connectivity index (χ4v) is 5.92. The number of benzene rings is 3. The fraction of sp³-hybridized carbons (Fsp3) is 0.240. The summed E-state index contributed by atoms with van der Waals surface area (Å²) in [4.78, 5) is 15.2. The van der Waals surface area contributed by atoms with Crippen molar-refractivity contribution in [1.29, 1.82) is 0 Å². The molecule has 7 nitrogen and oxygen atoms in total. The lowest BCUT2D eigenvalue weighted by Crippen LogP contribution is -2.40. The molecular formula is C25H24ClN3O4S. The van der Waals surface area contributed by atoms with Gasteiger partial charge < -0.3 is 15.0 Å². The van der Waals surface area contributed by atoms with E-state index in [0.29, 0.717) is 49.1 Å². The largest absolute Gasteiger partial charge is 0.379 e. The second-order valence-corrected chi connectivity index (χ2v) is 10.5. The number of morpholine rings is 1. The molecule has 0 bridgehead atoms. The number of amides is 1. The molecule has 1 amide bonds. The van der Waals surface area contributed by atoms with Crippen molar-refractivity contribution in [3.63, 3.8) is 0 Å². The quantitative estimate of drug-likeness (QED) is 0.554. The van der Waals surface area contributed by atoms with Crippen LogP contribution in [0.5, 0.6) is 0 Å². The van der Waals surface area contributed by atoms with Gasteiger partial charge in [-0.1, -0.05) is 48.0 Å². The molecule has 2 aliphatic rings. The van der Waals surface area contributed by atoms with E-state index in [1.807, 2.05) is 42.5 Å². The zero-order chi connectivity index (χ0) is 23.7. The molecule has 0 saturated carbocycles. The van der Waals surface area contributed by atoms with Crippen LogP contribution in [-0.2, 0) is 21.3 Å². The summed E-state index contributed by atoms with van der Waals surface area (Å²) < 4.78 is 32.5. The predicted molar refractivity (Wildman–Crippen MR) is 130 cm³/mol. The minimum absolute atomic E-state index is 0.0838. The summed E-state index contributed by atoms with van der Waals surface area (Å²) in [6, 6.07) is 21.6. The van der Waals surface area contributed by atoms with Gasteiger partial charge in [0.25, 0.3) is 5.91 Å². The minimum Gasteiger partial charge on any atom is -0.379 e. The van der Waals surface area contributed by atoms with Crippen molar-refractivity contribution in [2.45, 2.75) is 17.6 Å². The molecule has 9 heteroatoms. The van der Waals surface area contributed by atoms with Crippen molar-refractivity contribution in [2.24, 2.45) is 0 Å². The first kappa shape index (κ1) is 22.9. The molecule has 2 heterocycles. The molecule has 0 spiro atoms. The first-order valence-electron chi connectivity index (χ1n) is 11.0. The Kier molecular flexibility index (Phi) is 6.31. The van der Waals surface area contributed by atoms with Gasteiger partial charge in [-0.15, -0.1) is 0 Å². The molecule has 0 aliphatic carbocycles. The van der Waals surface area contributed by atoms with Crippen LogP contribution in [0.15, 0.2) is 77.7 Å². The van der Waals surface area contributed by atoms with E-state index >= 15 is 0 Å². The fourth-order valence-electron chi connectivity index (χ4n) is 4.32. The molecule has 0 unspecified atom stereocenters. The van der Waals surface area contributed by atoms with E-state index in [0.717, 1.165) is 11.1 Å². The minimum atomic E-state index is -3.57. The van der Waals surface area contributed by atoms with Gasteiger partial charge >= 0.3 is 0 Å². The summed E-state index contributed by atoms with van der Waals surface area (Å²) in [6.07, 6.45) is -0.415. The summed E-state index contributed by atoms with van der Waals surface area (Å²) in [5, 5.41) is 4.01. The third-order valence-corrected chi connectivity index (χ3v) is 8.40. The van der Waals surface area contributed by atoms with Crippen molar-refractivity contribution >= 4 is 33.2 Å². The van der Waals surface area contributed by atoms with Gasteiger partial charge in [-0.25, -0.2) is 8.42 Å². The van der Waals surface area contributed by atoms with E-state index in [4.69, 9.17) is 16.3 Å². The number of sulfonamides is 1. The van der Waals surface area contributed by atoms with E-state index in [1.54, 1.807) is 35.2 Å². The van der Waals surface area contributed by atoms with Gasteiger partial charge in [0.1, 0.15) is 6.17 Å². The zero-order valence-electron chi connectivity index (χ0n) is 18.4. The SMILES string of the molecule is O=C1c2ccccc2[C@@H](Nc2ccc(S(=O)(=O)N3CCOCC3)cc2)N1Cc1ccccc1Cl. The molecule has 3 aromatic rings. The highest BCUT2D eigenvalue weighted by Gasteiger charge is 2.36. The van der Waals surface area contributed by atoms with Crippen molar-refractivity contribution in [3.05, 3.63) is 94.5 Å². The van der Waals surface area contributed by atoms with Gasteiger partial charge in [0.05, 0.1) is 18.1 Å². The lowest BCUT2D eigenvalue weighted by molar-refractivity contribution is 0.0728. The lowest BCUT2D eigenvalue weighted by atomic mass is 10.1. The molecule has 5 rings (SSSR count). The van der Waals surface area contributed by atoms with Gasteiger partial charge in [-0.2, -0.15) is 4.31 Å². The van der Waals surface area contributed by atoms with E-state index in [9.17, 15) is 13.2 Å². The molecule has 1 fully saturated rings. The average Bonchev–Trinajstić information content (AvgIpc) is 3.12. The molecule has 1 saturated heterocycles. The zero-order valence-corrected chi connectivity index (χ0v) is 19.9. The van der Waals surface area contributed by atoms with Crippen LogP contribution in [0.3, 0.4) is 0 Å². The topological polar surface area (TPSA) is 79.0 Å². The lowest BCUT2D eigenvalue weighted by Gasteiger charge is -2.28. The molecule has 1 N–H and O–H groups in total. The second-order valence-electron chi connectivity index (χ2n) is 8.20. The van der Waals surface area contributed by atoms with Crippen LogP contribution in [0, 0.1) is 0 Å². The molecule has 0 aromatic heterocycles. The van der Waals surface area contributed by atoms with Crippen LogP contribution < -0.4 is 5.32 Å². The number of carbonyl (C=O) groups excluding carboxylic acids is 1. The van der Waals surface area contributed by atoms with Crippen molar-refractivity contribution in [2.75, 3.05) is 31.6 Å². The molecule has 1 atom stereocenters. The Bertz CT molecular complexity index is 1310. The van der Waals surface area contributed by atoms with Crippen LogP contribution in [-0.4, -0.2) is 49.8 Å². The molecule has 34 heavy (non-hydrogen) atoms. The van der Waals surface area contributed by atoms with Gasteiger partial charge in [0, 0.05) is 41.5 Å². The smallest absolute Gasteiger partial charge is 0.256 e. The first-order chi connectivity index (χ1) is 16.4. The van der Waals surface area contributed by atoms with Gasteiger partial charge in [-0.3, -0.25) is 4.79 Å². The van der Waals surface area contributed by atoms with Crippen LogP contribution in [0.1, 0.15) is 27.7 Å². The molecular weight excluding hydrogens is 474 g/mol. The van der Waals surface area contributed by atoms with E-state index in [-0.39, 0.29) is 10.8 Å². The maximum atomic E-state index is 13.2.